The van der Waals surface area contributed by atoms with Crippen LogP contribution in [0.15, 0.2) is 18.2 Å². The lowest BCUT2D eigenvalue weighted by Gasteiger charge is -2.19. The van der Waals surface area contributed by atoms with Crippen molar-refractivity contribution in [3.05, 3.63) is 29.6 Å². The lowest BCUT2D eigenvalue weighted by Crippen LogP contribution is -2.24. The number of aromatic nitrogens is 1. The van der Waals surface area contributed by atoms with Gasteiger partial charge in [-0.2, -0.15) is 5.26 Å². The zero-order chi connectivity index (χ0) is 11.8. The average molecular weight is 217 g/mol. The lowest BCUT2D eigenvalue weighted by atomic mass is 10.2. The molecule has 0 unspecified atom stereocenters. The van der Waals surface area contributed by atoms with Crippen molar-refractivity contribution >= 4 is 0 Å². The Hall–Kier alpha value is -1.40. The van der Waals surface area contributed by atoms with Gasteiger partial charge in [0, 0.05) is 18.7 Å². The van der Waals surface area contributed by atoms with Gasteiger partial charge in [-0.15, -0.1) is 0 Å². The molecule has 1 rings (SSSR count). The van der Waals surface area contributed by atoms with Crippen LogP contribution in [-0.4, -0.2) is 23.0 Å². The van der Waals surface area contributed by atoms with E-state index in [4.69, 9.17) is 5.26 Å². The van der Waals surface area contributed by atoms with Crippen LogP contribution in [-0.2, 0) is 6.54 Å². The summed E-state index contributed by atoms with van der Waals surface area (Å²) in [6.45, 7) is 7.00. The van der Waals surface area contributed by atoms with Crippen LogP contribution in [0.25, 0.3) is 0 Å². The number of unbranched alkanes of at least 4 members (excludes halogenated alkanes) is 1. The molecule has 0 amide bonds. The maximum atomic E-state index is 8.50. The van der Waals surface area contributed by atoms with Crippen molar-refractivity contribution < 1.29 is 0 Å². The predicted molar refractivity (Wildman–Crippen MR) is 64.8 cm³/mol. The molecule has 0 saturated carbocycles. The van der Waals surface area contributed by atoms with E-state index in [2.05, 4.69) is 28.9 Å². The van der Waals surface area contributed by atoms with Crippen molar-refractivity contribution in [2.45, 2.75) is 33.2 Å². The van der Waals surface area contributed by atoms with E-state index in [1.165, 1.54) is 0 Å². The molecule has 0 saturated heterocycles. The van der Waals surface area contributed by atoms with E-state index in [1.807, 2.05) is 19.1 Å². The van der Waals surface area contributed by atoms with Crippen LogP contribution in [0.3, 0.4) is 0 Å². The minimum Gasteiger partial charge on any atom is -0.298 e. The molecule has 0 bridgehead atoms. The van der Waals surface area contributed by atoms with Crippen molar-refractivity contribution in [2.75, 3.05) is 13.1 Å². The fourth-order valence-electron chi connectivity index (χ4n) is 1.65. The molecule has 1 heterocycles. The highest BCUT2D eigenvalue weighted by Crippen LogP contribution is 2.04. The van der Waals surface area contributed by atoms with Gasteiger partial charge in [-0.1, -0.05) is 13.0 Å². The Morgan fingerprint density at radius 1 is 1.44 bits per heavy atom. The van der Waals surface area contributed by atoms with Crippen LogP contribution >= 0.6 is 0 Å². The van der Waals surface area contributed by atoms with Crippen LogP contribution in [0.5, 0.6) is 0 Å². The van der Waals surface area contributed by atoms with Crippen LogP contribution < -0.4 is 0 Å². The quantitative estimate of drug-likeness (QED) is 0.687. The molecule has 1 aromatic heterocycles. The van der Waals surface area contributed by atoms with Gasteiger partial charge in [0.1, 0.15) is 0 Å². The Morgan fingerprint density at radius 3 is 2.88 bits per heavy atom. The average Bonchev–Trinajstić information content (AvgIpc) is 2.28. The molecule has 0 fully saturated rings. The first-order chi connectivity index (χ1) is 7.76. The molecular weight excluding hydrogens is 198 g/mol. The third-order valence-electron chi connectivity index (χ3n) is 2.54. The number of nitrogens with zero attached hydrogens (tertiary/aromatic N) is 3. The first-order valence-corrected chi connectivity index (χ1v) is 5.78. The Balaban J connectivity index is 2.47. The minimum absolute atomic E-state index is 0.637. The molecule has 0 aliphatic carbocycles. The van der Waals surface area contributed by atoms with Gasteiger partial charge in [0.15, 0.2) is 0 Å². The Bertz CT molecular complexity index is 354. The van der Waals surface area contributed by atoms with Gasteiger partial charge in [-0.25, -0.2) is 0 Å². The smallest absolute Gasteiger partial charge is 0.0622 e. The van der Waals surface area contributed by atoms with Gasteiger partial charge >= 0.3 is 0 Å². The van der Waals surface area contributed by atoms with E-state index < -0.39 is 0 Å². The normalized spacial score (nSPS) is 10.4. The van der Waals surface area contributed by atoms with Gasteiger partial charge < -0.3 is 0 Å². The minimum atomic E-state index is 0.637. The molecule has 0 aliphatic rings. The molecule has 0 atom stereocenters. The summed E-state index contributed by atoms with van der Waals surface area (Å²) in [5, 5.41) is 8.50. The monoisotopic (exact) mass is 217 g/mol. The van der Waals surface area contributed by atoms with E-state index >= 15 is 0 Å². The molecule has 1 aromatic rings. The summed E-state index contributed by atoms with van der Waals surface area (Å²) in [4.78, 5) is 6.80. The summed E-state index contributed by atoms with van der Waals surface area (Å²) in [6.07, 6.45) is 1.58. The molecule has 0 N–H and O–H groups in total. The number of pyridine rings is 1. The van der Waals surface area contributed by atoms with Crippen molar-refractivity contribution in [3.63, 3.8) is 0 Å². The van der Waals surface area contributed by atoms with Gasteiger partial charge in [-0.05, 0) is 38.6 Å². The van der Waals surface area contributed by atoms with Crippen LogP contribution in [0.2, 0.25) is 0 Å². The summed E-state index contributed by atoms with van der Waals surface area (Å²) in [7, 11) is 0. The number of nitriles is 1. The summed E-state index contributed by atoms with van der Waals surface area (Å²) >= 11 is 0. The molecule has 0 radical (unpaired) electrons. The fraction of sp³-hybridized carbons (Fsp3) is 0.538. The van der Waals surface area contributed by atoms with Crippen LogP contribution in [0.1, 0.15) is 31.2 Å². The molecule has 0 aliphatic heterocycles. The third kappa shape index (κ3) is 4.41. The van der Waals surface area contributed by atoms with Crippen molar-refractivity contribution in [3.8, 4) is 6.07 Å². The summed E-state index contributed by atoms with van der Waals surface area (Å²) in [5.41, 5.74) is 2.17. The second kappa shape index (κ2) is 6.97. The second-order valence-electron chi connectivity index (χ2n) is 3.90. The predicted octanol–water partition coefficient (Wildman–Crippen LogP) is 2.52. The Morgan fingerprint density at radius 2 is 2.25 bits per heavy atom. The first kappa shape index (κ1) is 12.7. The van der Waals surface area contributed by atoms with E-state index in [0.717, 1.165) is 37.4 Å². The fourth-order valence-corrected chi connectivity index (χ4v) is 1.65. The molecule has 3 nitrogen and oxygen atoms in total. The lowest BCUT2D eigenvalue weighted by molar-refractivity contribution is 0.274. The molecule has 16 heavy (non-hydrogen) atoms. The molecular formula is C13H19N3. The van der Waals surface area contributed by atoms with Gasteiger partial charge in [-0.3, -0.25) is 9.88 Å². The van der Waals surface area contributed by atoms with Gasteiger partial charge in [0.25, 0.3) is 0 Å². The summed E-state index contributed by atoms with van der Waals surface area (Å²) < 4.78 is 0. The van der Waals surface area contributed by atoms with Crippen molar-refractivity contribution in [1.82, 2.24) is 9.88 Å². The highest BCUT2D eigenvalue weighted by Gasteiger charge is 2.04. The topological polar surface area (TPSA) is 39.9 Å². The first-order valence-electron chi connectivity index (χ1n) is 5.78. The van der Waals surface area contributed by atoms with Crippen LogP contribution in [0.4, 0.5) is 0 Å². The summed E-state index contributed by atoms with van der Waals surface area (Å²) in [6, 6.07) is 8.29. The standard InChI is InChI=1S/C13H19N3/c1-3-16(10-5-4-9-14)11-13-8-6-7-12(2)15-13/h6-8H,3-5,10-11H2,1-2H3. The maximum absolute atomic E-state index is 8.50. The Labute approximate surface area is 97.7 Å². The molecule has 0 spiro atoms. The largest absolute Gasteiger partial charge is 0.298 e. The van der Waals surface area contributed by atoms with E-state index in [0.29, 0.717) is 6.42 Å². The zero-order valence-electron chi connectivity index (χ0n) is 10.1. The second-order valence-corrected chi connectivity index (χ2v) is 3.90. The molecule has 0 aromatic carbocycles. The van der Waals surface area contributed by atoms with Crippen molar-refractivity contribution in [1.29, 1.82) is 5.26 Å². The molecule has 86 valence electrons. The highest BCUT2D eigenvalue weighted by atomic mass is 15.1. The highest BCUT2D eigenvalue weighted by molar-refractivity contribution is 5.09. The van der Waals surface area contributed by atoms with E-state index in [1.54, 1.807) is 0 Å². The van der Waals surface area contributed by atoms with Gasteiger partial charge in [0.2, 0.25) is 0 Å². The van der Waals surface area contributed by atoms with E-state index in [9.17, 15) is 0 Å². The molecule has 3 heteroatoms. The SMILES string of the molecule is CCN(CCCC#N)Cc1cccc(C)n1. The Kier molecular flexibility index (Phi) is 5.52. The number of aryl methyl sites for hydroxylation is 1. The van der Waals surface area contributed by atoms with Crippen LogP contribution in [0, 0.1) is 18.3 Å². The maximum Gasteiger partial charge on any atom is 0.0622 e. The third-order valence-corrected chi connectivity index (χ3v) is 2.54. The number of rotatable bonds is 6. The zero-order valence-corrected chi connectivity index (χ0v) is 10.1. The summed E-state index contributed by atoms with van der Waals surface area (Å²) in [5.74, 6) is 0. The number of hydrogen-bond acceptors (Lipinski definition) is 3. The van der Waals surface area contributed by atoms with Gasteiger partial charge in [0.05, 0.1) is 11.8 Å². The van der Waals surface area contributed by atoms with Crippen molar-refractivity contribution in [2.24, 2.45) is 0 Å². The van der Waals surface area contributed by atoms with E-state index in [-0.39, 0.29) is 0 Å². The number of hydrogen-bond donors (Lipinski definition) is 0.